The van der Waals surface area contributed by atoms with Crippen molar-refractivity contribution in [1.82, 2.24) is 10.0 Å². The Labute approximate surface area is 127 Å². The third kappa shape index (κ3) is 7.08. The Hall–Kier alpha value is -0.890. The number of furan rings is 1. The minimum absolute atomic E-state index is 0.0617. The fourth-order valence-electron chi connectivity index (χ4n) is 1.62. The van der Waals surface area contributed by atoms with Crippen molar-refractivity contribution >= 4 is 10.0 Å². The molecule has 0 spiro atoms. The SMILES string of the molecule is CC(C)CNCc1ccc(S(=O)(=O)NCCOC(C)C)o1. The van der Waals surface area contributed by atoms with Crippen LogP contribution in [0.5, 0.6) is 0 Å². The summed E-state index contributed by atoms with van der Waals surface area (Å²) in [6, 6.07) is 3.14. The summed E-state index contributed by atoms with van der Waals surface area (Å²) in [6.45, 7) is 9.94. The molecule has 122 valence electrons. The molecular weight excluding hydrogens is 292 g/mol. The molecule has 6 nitrogen and oxygen atoms in total. The number of rotatable bonds is 10. The van der Waals surface area contributed by atoms with E-state index in [9.17, 15) is 8.42 Å². The van der Waals surface area contributed by atoms with Gasteiger partial charge >= 0.3 is 0 Å². The molecule has 0 aromatic carbocycles. The van der Waals surface area contributed by atoms with Crippen molar-refractivity contribution < 1.29 is 17.6 Å². The summed E-state index contributed by atoms with van der Waals surface area (Å²) in [6.07, 6.45) is 0.0803. The van der Waals surface area contributed by atoms with Crippen LogP contribution in [0, 0.1) is 5.92 Å². The van der Waals surface area contributed by atoms with E-state index in [-0.39, 0.29) is 17.7 Å². The first-order valence-electron chi connectivity index (χ1n) is 7.22. The maximum Gasteiger partial charge on any atom is 0.274 e. The highest BCUT2D eigenvalue weighted by molar-refractivity contribution is 7.89. The Balaban J connectivity index is 2.46. The molecule has 1 heterocycles. The lowest BCUT2D eigenvalue weighted by atomic mass is 10.2. The second-order valence-electron chi connectivity index (χ2n) is 5.56. The molecule has 0 atom stereocenters. The van der Waals surface area contributed by atoms with Crippen LogP contribution >= 0.6 is 0 Å². The first kappa shape index (κ1) is 18.2. The zero-order chi connectivity index (χ0) is 15.9. The Morgan fingerprint density at radius 3 is 2.57 bits per heavy atom. The molecule has 1 rings (SSSR count). The van der Waals surface area contributed by atoms with Gasteiger partial charge in [0.1, 0.15) is 5.76 Å². The standard InChI is InChI=1S/C14H26N2O4S/c1-11(2)9-15-10-13-5-6-14(20-13)21(17,18)16-7-8-19-12(3)4/h5-6,11-12,15-16H,7-10H2,1-4H3. The Morgan fingerprint density at radius 1 is 1.24 bits per heavy atom. The Morgan fingerprint density at radius 2 is 1.95 bits per heavy atom. The molecule has 0 aliphatic heterocycles. The van der Waals surface area contributed by atoms with Crippen LogP contribution in [-0.4, -0.2) is 34.2 Å². The van der Waals surface area contributed by atoms with E-state index in [2.05, 4.69) is 23.9 Å². The van der Waals surface area contributed by atoms with Crippen LogP contribution < -0.4 is 10.0 Å². The van der Waals surface area contributed by atoms with Crippen LogP contribution in [-0.2, 0) is 21.3 Å². The highest BCUT2D eigenvalue weighted by atomic mass is 32.2. The predicted octanol–water partition coefficient (Wildman–Crippen LogP) is 1.73. The van der Waals surface area contributed by atoms with E-state index in [4.69, 9.17) is 9.15 Å². The van der Waals surface area contributed by atoms with Crippen molar-refractivity contribution in [2.75, 3.05) is 19.7 Å². The fourth-order valence-corrected chi connectivity index (χ4v) is 2.58. The molecule has 0 aliphatic rings. The number of ether oxygens (including phenoxy) is 1. The maximum atomic E-state index is 12.0. The van der Waals surface area contributed by atoms with E-state index in [0.717, 1.165) is 6.54 Å². The summed E-state index contributed by atoms with van der Waals surface area (Å²) in [4.78, 5) is 0. The molecule has 0 radical (unpaired) electrons. The van der Waals surface area contributed by atoms with Gasteiger partial charge in [-0.1, -0.05) is 13.8 Å². The Kier molecular flexibility index (Phi) is 7.37. The summed E-state index contributed by atoms with van der Waals surface area (Å²) in [5.74, 6) is 1.14. The van der Waals surface area contributed by atoms with Crippen LogP contribution in [0.1, 0.15) is 33.5 Å². The maximum absolute atomic E-state index is 12.0. The van der Waals surface area contributed by atoms with Gasteiger partial charge in [-0.2, -0.15) is 0 Å². The molecule has 7 heteroatoms. The zero-order valence-corrected chi connectivity index (χ0v) is 14.0. The summed E-state index contributed by atoms with van der Waals surface area (Å²) in [5, 5.41) is 3.14. The van der Waals surface area contributed by atoms with Crippen molar-refractivity contribution in [1.29, 1.82) is 0 Å². The minimum Gasteiger partial charge on any atom is -0.447 e. The average Bonchev–Trinajstić information content (AvgIpc) is 2.83. The molecule has 0 amide bonds. The van der Waals surface area contributed by atoms with Gasteiger partial charge < -0.3 is 14.5 Å². The molecule has 1 aromatic heterocycles. The molecule has 0 unspecified atom stereocenters. The van der Waals surface area contributed by atoms with E-state index < -0.39 is 10.0 Å². The van der Waals surface area contributed by atoms with E-state index in [0.29, 0.717) is 24.8 Å². The third-order valence-electron chi connectivity index (χ3n) is 2.60. The molecule has 2 N–H and O–H groups in total. The summed E-state index contributed by atoms with van der Waals surface area (Å²) in [7, 11) is -3.60. The van der Waals surface area contributed by atoms with Crippen LogP contribution in [0.3, 0.4) is 0 Å². The highest BCUT2D eigenvalue weighted by Gasteiger charge is 2.18. The quantitative estimate of drug-likeness (QED) is 0.642. The van der Waals surface area contributed by atoms with E-state index in [1.807, 2.05) is 13.8 Å². The normalized spacial score (nSPS) is 12.5. The van der Waals surface area contributed by atoms with Crippen molar-refractivity contribution in [2.24, 2.45) is 5.92 Å². The van der Waals surface area contributed by atoms with Crippen molar-refractivity contribution in [3.05, 3.63) is 17.9 Å². The van der Waals surface area contributed by atoms with Crippen LogP contribution in [0.2, 0.25) is 0 Å². The first-order chi connectivity index (χ1) is 9.81. The number of nitrogens with one attached hydrogen (secondary N) is 2. The van der Waals surface area contributed by atoms with Gasteiger partial charge in [-0.15, -0.1) is 0 Å². The molecule has 21 heavy (non-hydrogen) atoms. The average molecular weight is 318 g/mol. The lowest BCUT2D eigenvalue weighted by Gasteiger charge is -2.08. The van der Waals surface area contributed by atoms with Gasteiger partial charge in [-0.05, 0) is 38.4 Å². The fraction of sp³-hybridized carbons (Fsp3) is 0.714. The lowest BCUT2D eigenvalue weighted by molar-refractivity contribution is 0.0833. The van der Waals surface area contributed by atoms with E-state index in [1.165, 1.54) is 6.07 Å². The third-order valence-corrected chi connectivity index (χ3v) is 3.93. The number of hydrogen-bond acceptors (Lipinski definition) is 5. The topological polar surface area (TPSA) is 80.6 Å². The summed E-state index contributed by atoms with van der Waals surface area (Å²) >= 11 is 0. The summed E-state index contributed by atoms with van der Waals surface area (Å²) < 4.78 is 37.1. The number of hydrogen-bond donors (Lipinski definition) is 2. The molecule has 0 aliphatic carbocycles. The number of sulfonamides is 1. The van der Waals surface area contributed by atoms with Crippen molar-refractivity contribution in [3.8, 4) is 0 Å². The van der Waals surface area contributed by atoms with Gasteiger partial charge in [0.05, 0.1) is 19.3 Å². The molecule has 1 aromatic rings. The molecule has 0 saturated carbocycles. The van der Waals surface area contributed by atoms with Crippen molar-refractivity contribution in [3.63, 3.8) is 0 Å². The monoisotopic (exact) mass is 318 g/mol. The zero-order valence-electron chi connectivity index (χ0n) is 13.2. The predicted molar refractivity (Wildman–Crippen MR) is 81.5 cm³/mol. The highest BCUT2D eigenvalue weighted by Crippen LogP contribution is 2.13. The molecule has 0 saturated heterocycles. The molecule has 0 bridgehead atoms. The molecule has 0 fully saturated rings. The van der Waals surface area contributed by atoms with Crippen LogP contribution in [0.15, 0.2) is 21.6 Å². The van der Waals surface area contributed by atoms with Gasteiger partial charge in [0.2, 0.25) is 5.09 Å². The van der Waals surface area contributed by atoms with Crippen LogP contribution in [0.4, 0.5) is 0 Å². The van der Waals surface area contributed by atoms with Gasteiger partial charge in [-0.25, -0.2) is 13.1 Å². The first-order valence-corrected chi connectivity index (χ1v) is 8.70. The second kappa shape index (κ2) is 8.53. The van der Waals surface area contributed by atoms with Gasteiger partial charge in [0.25, 0.3) is 10.0 Å². The van der Waals surface area contributed by atoms with Crippen LogP contribution in [0.25, 0.3) is 0 Å². The smallest absolute Gasteiger partial charge is 0.274 e. The Bertz CT molecular complexity index is 509. The second-order valence-corrected chi connectivity index (χ2v) is 7.26. The van der Waals surface area contributed by atoms with Gasteiger partial charge in [0.15, 0.2) is 0 Å². The largest absolute Gasteiger partial charge is 0.447 e. The van der Waals surface area contributed by atoms with E-state index >= 15 is 0 Å². The molecular formula is C14H26N2O4S. The van der Waals surface area contributed by atoms with E-state index in [1.54, 1.807) is 6.07 Å². The van der Waals surface area contributed by atoms with Gasteiger partial charge in [0, 0.05) is 6.54 Å². The summed E-state index contributed by atoms with van der Waals surface area (Å²) in [5.41, 5.74) is 0. The van der Waals surface area contributed by atoms with Gasteiger partial charge in [-0.3, -0.25) is 0 Å². The lowest BCUT2D eigenvalue weighted by Crippen LogP contribution is -2.28. The van der Waals surface area contributed by atoms with Crippen molar-refractivity contribution in [2.45, 2.75) is 45.4 Å². The minimum atomic E-state index is -3.60.